The Morgan fingerprint density at radius 2 is 2.40 bits per heavy atom. The monoisotopic (exact) mass is 202 g/mol. The van der Waals surface area contributed by atoms with Gasteiger partial charge in [0.1, 0.15) is 11.9 Å². The summed E-state index contributed by atoms with van der Waals surface area (Å²) in [5.41, 5.74) is 0. The lowest BCUT2D eigenvalue weighted by Gasteiger charge is -2.05. The molecular weight excluding hydrogens is 192 g/mol. The molecule has 2 atom stereocenters. The number of ether oxygens (including phenoxy) is 1. The molecular formula is C8H11BrO. The molecule has 1 aliphatic carbocycles. The van der Waals surface area contributed by atoms with Crippen LogP contribution >= 0.6 is 15.9 Å². The molecule has 0 aromatic rings. The number of halogens is 1. The SMILES string of the molecule is Br/C=C1\C[C@H]2CCC[C@H]2O1. The molecule has 1 saturated heterocycles. The summed E-state index contributed by atoms with van der Waals surface area (Å²) in [6.45, 7) is 0. The third-order valence-corrected chi connectivity index (χ3v) is 2.99. The van der Waals surface area contributed by atoms with Crippen LogP contribution in [0.2, 0.25) is 0 Å². The van der Waals surface area contributed by atoms with Crippen molar-refractivity contribution in [2.24, 2.45) is 5.92 Å². The molecule has 1 aliphatic heterocycles. The standard InChI is InChI=1S/C8H11BrO/c9-5-7-4-6-2-1-3-8(6)10-7/h5-6,8H,1-4H2/b7-5+/t6-,8-/m1/s1. The fraction of sp³-hybridized carbons (Fsp3) is 0.750. The van der Waals surface area contributed by atoms with E-state index in [1.807, 2.05) is 4.99 Å². The smallest absolute Gasteiger partial charge is 0.104 e. The van der Waals surface area contributed by atoms with Crippen molar-refractivity contribution in [3.63, 3.8) is 0 Å². The lowest BCUT2D eigenvalue weighted by atomic mass is 10.0. The van der Waals surface area contributed by atoms with Crippen LogP contribution in [0.1, 0.15) is 25.7 Å². The summed E-state index contributed by atoms with van der Waals surface area (Å²) in [4.78, 5) is 1.92. The van der Waals surface area contributed by atoms with E-state index in [9.17, 15) is 0 Å². The minimum Gasteiger partial charge on any atom is -0.494 e. The minimum absolute atomic E-state index is 0.559. The summed E-state index contributed by atoms with van der Waals surface area (Å²) in [5, 5.41) is 0. The van der Waals surface area contributed by atoms with Crippen LogP contribution in [-0.4, -0.2) is 6.10 Å². The van der Waals surface area contributed by atoms with Crippen molar-refractivity contribution in [2.45, 2.75) is 31.8 Å². The largest absolute Gasteiger partial charge is 0.494 e. The van der Waals surface area contributed by atoms with Crippen LogP contribution in [0.4, 0.5) is 0 Å². The molecule has 0 spiro atoms. The maximum Gasteiger partial charge on any atom is 0.104 e. The molecule has 2 heteroatoms. The lowest BCUT2D eigenvalue weighted by Crippen LogP contribution is -2.05. The highest BCUT2D eigenvalue weighted by atomic mass is 79.9. The second kappa shape index (κ2) is 2.57. The van der Waals surface area contributed by atoms with Crippen LogP contribution in [0.25, 0.3) is 0 Å². The topological polar surface area (TPSA) is 9.23 Å². The third-order valence-electron chi connectivity index (χ3n) is 2.48. The van der Waals surface area contributed by atoms with Gasteiger partial charge in [0, 0.05) is 17.3 Å². The maximum absolute atomic E-state index is 5.65. The van der Waals surface area contributed by atoms with Crippen molar-refractivity contribution in [3.8, 4) is 0 Å². The molecule has 56 valence electrons. The summed E-state index contributed by atoms with van der Waals surface area (Å²) in [7, 11) is 0. The molecule has 2 aliphatic rings. The molecule has 0 N–H and O–H groups in total. The molecule has 1 saturated carbocycles. The molecule has 0 radical (unpaired) electrons. The van der Waals surface area contributed by atoms with Crippen LogP contribution in [0.15, 0.2) is 10.7 Å². The van der Waals surface area contributed by atoms with Gasteiger partial charge in [0.05, 0.1) is 0 Å². The molecule has 1 heterocycles. The number of hydrogen-bond acceptors (Lipinski definition) is 1. The number of rotatable bonds is 0. The summed E-state index contributed by atoms with van der Waals surface area (Å²) >= 11 is 3.30. The van der Waals surface area contributed by atoms with Crippen molar-refractivity contribution >= 4 is 15.9 Å². The normalized spacial score (nSPS) is 41.9. The van der Waals surface area contributed by atoms with Crippen molar-refractivity contribution in [1.82, 2.24) is 0 Å². The zero-order valence-electron chi connectivity index (χ0n) is 5.85. The van der Waals surface area contributed by atoms with E-state index in [0.29, 0.717) is 6.10 Å². The van der Waals surface area contributed by atoms with Gasteiger partial charge in [-0.05, 0) is 19.3 Å². The van der Waals surface area contributed by atoms with Crippen molar-refractivity contribution in [1.29, 1.82) is 0 Å². The van der Waals surface area contributed by atoms with E-state index in [4.69, 9.17) is 4.74 Å². The zero-order chi connectivity index (χ0) is 6.97. The second-order valence-corrected chi connectivity index (χ2v) is 3.58. The Hall–Kier alpha value is 0.0200. The molecule has 0 aromatic carbocycles. The van der Waals surface area contributed by atoms with E-state index in [0.717, 1.165) is 18.1 Å². The Kier molecular flexibility index (Phi) is 1.73. The van der Waals surface area contributed by atoms with Crippen molar-refractivity contribution in [3.05, 3.63) is 10.7 Å². The van der Waals surface area contributed by atoms with Gasteiger partial charge in [0.15, 0.2) is 0 Å². The molecule has 0 bridgehead atoms. The van der Waals surface area contributed by atoms with Crippen LogP contribution in [0.5, 0.6) is 0 Å². The lowest BCUT2D eigenvalue weighted by molar-refractivity contribution is 0.148. The van der Waals surface area contributed by atoms with E-state index in [2.05, 4.69) is 15.9 Å². The number of allylic oxidation sites excluding steroid dienone is 1. The molecule has 0 aromatic heterocycles. The van der Waals surface area contributed by atoms with Gasteiger partial charge in [-0.1, -0.05) is 15.9 Å². The van der Waals surface area contributed by atoms with Gasteiger partial charge in [0.25, 0.3) is 0 Å². The maximum atomic E-state index is 5.65. The van der Waals surface area contributed by atoms with E-state index in [1.165, 1.54) is 19.3 Å². The Morgan fingerprint density at radius 1 is 1.50 bits per heavy atom. The Balaban J connectivity index is 2.07. The van der Waals surface area contributed by atoms with E-state index in [-0.39, 0.29) is 0 Å². The first-order chi connectivity index (χ1) is 4.90. The van der Waals surface area contributed by atoms with Crippen LogP contribution in [0.3, 0.4) is 0 Å². The average Bonchev–Trinajstić information content (AvgIpc) is 2.42. The van der Waals surface area contributed by atoms with Gasteiger partial charge in [-0.3, -0.25) is 0 Å². The summed E-state index contributed by atoms with van der Waals surface area (Å²) in [6.07, 6.45) is 5.73. The summed E-state index contributed by atoms with van der Waals surface area (Å²) in [6, 6.07) is 0. The Morgan fingerprint density at radius 3 is 3.10 bits per heavy atom. The highest BCUT2D eigenvalue weighted by Crippen LogP contribution is 2.40. The third kappa shape index (κ3) is 0.986. The van der Waals surface area contributed by atoms with Crippen molar-refractivity contribution in [2.75, 3.05) is 0 Å². The quantitative estimate of drug-likeness (QED) is 0.588. The van der Waals surface area contributed by atoms with Gasteiger partial charge in [0.2, 0.25) is 0 Å². The minimum atomic E-state index is 0.559. The van der Waals surface area contributed by atoms with Crippen LogP contribution in [0, 0.1) is 5.92 Å². The number of hydrogen-bond donors (Lipinski definition) is 0. The van der Waals surface area contributed by atoms with Crippen molar-refractivity contribution < 1.29 is 4.74 Å². The molecule has 2 rings (SSSR count). The highest BCUT2D eigenvalue weighted by Gasteiger charge is 2.35. The summed E-state index contributed by atoms with van der Waals surface area (Å²) < 4.78 is 5.65. The molecule has 2 fully saturated rings. The first-order valence-electron chi connectivity index (χ1n) is 3.86. The fourth-order valence-corrected chi connectivity index (χ4v) is 2.26. The van der Waals surface area contributed by atoms with Gasteiger partial charge >= 0.3 is 0 Å². The Labute approximate surface area is 69.6 Å². The average molecular weight is 203 g/mol. The van der Waals surface area contributed by atoms with Gasteiger partial charge in [-0.2, -0.15) is 0 Å². The van der Waals surface area contributed by atoms with Gasteiger partial charge < -0.3 is 4.74 Å². The first-order valence-corrected chi connectivity index (χ1v) is 4.77. The Bertz CT molecular complexity index is 151. The second-order valence-electron chi connectivity index (χ2n) is 3.13. The fourth-order valence-electron chi connectivity index (χ4n) is 1.96. The zero-order valence-corrected chi connectivity index (χ0v) is 7.43. The molecule has 1 nitrogen and oxygen atoms in total. The molecule has 0 amide bonds. The predicted molar refractivity (Wildman–Crippen MR) is 43.8 cm³/mol. The predicted octanol–water partition coefficient (Wildman–Crippen LogP) is 2.81. The first kappa shape index (κ1) is 6.71. The van der Waals surface area contributed by atoms with Gasteiger partial charge in [-0.25, -0.2) is 0 Å². The van der Waals surface area contributed by atoms with Gasteiger partial charge in [-0.15, -0.1) is 0 Å². The van der Waals surface area contributed by atoms with E-state index in [1.54, 1.807) is 0 Å². The number of fused-ring (bicyclic) bond motifs is 1. The molecule has 0 unspecified atom stereocenters. The van der Waals surface area contributed by atoms with E-state index < -0.39 is 0 Å². The van der Waals surface area contributed by atoms with Crippen LogP contribution < -0.4 is 0 Å². The highest BCUT2D eigenvalue weighted by molar-refractivity contribution is 9.11. The summed E-state index contributed by atoms with van der Waals surface area (Å²) in [5.74, 6) is 1.98. The van der Waals surface area contributed by atoms with E-state index >= 15 is 0 Å². The molecule has 10 heavy (non-hydrogen) atoms. The van der Waals surface area contributed by atoms with Crippen LogP contribution in [-0.2, 0) is 4.74 Å².